The van der Waals surface area contributed by atoms with Crippen LogP contribution in [-0.4, -0.2) is 47.3 Å². The van der Waals surface area contributed by atoms with E-state index in [9.17, 15) is 18.0 Å². The number of hydrogen-bond acceptors (Lipinski definition) is 5. The maximum absolute atomic E-state index is 13.1. The van der Waals surface area contributed by atoms with Crippen LogP contribution in [0.3, 0.4) is 0 Å². The Hall–Kier alpha value is -2.52. The Morgan fingerprint density at radius 3 is 2.48 bits per heavy atom. The van der Waals surface area contributed by atoms with Gasteiger partial charge in [0.1, 0.15) is 11.4 Å². The second kappa shape index (κ2) is 8.46. The van der Waals surface area contributed by atoms with Gasteiger partial charge in [-0.3, -0.25) is 14.3 Å². The number of piperidine rings is 1. The Labute approximate surface area is 170 Å². The molecule has 1 aliphatic rings. The van der Waals surface area contributed by atoms with E-state index in [0.717, 1.165) is 19.3 Å². The van der Waals surface area contributed by atoms with Gasteiger partial charge in [-0.25, -0.2) is 8.42 Å². The number of carbonyl (C=O) groups excluding carboxylic acids is 2. The van der Waals surface area contributed by atoms with E-state index in [1.54, 1.807) is 38.1 Å². The van der Waals surface area contributed by atoms with Gasteiger partial charge in [-0.05, 0) is 45.7 Å². The second-order valence-electron chi connectivity index (χ2n) is 7.31. The van der Waals surface area contributed by atoms with Crippen LogP contribution in [-0.2, 0) is 21.4 Å². The highest BCUT2D eigenvalue weighted by atomic mass is 32.2. The smallest absolute Gasteiger partial charge is 0.246 e. The number of benzene rings is 1. The molecule has 1 aliphatic heterocycles. The Bertz CT molecular complexity index is 1040. The molecule has 1 N–H and O–H groups in total. The van der Waals surface area contributed by atoms with Crippen LogP contribution in [0.15, 0.2) is 29.2 Å². The molecule has 1 aromatic heterocycles. The summed E-state index contributed by atoms with van der Waals surface area (Å²) in [5.41, 5.74) is 1.84. The lowest BCUT2D eigenvalue weighted by Crippen LogP contribution is -2.36. The normalized spacial score (nSPS) is 15.3. The number of carbonyl (C=O) groups is 2. The third-order valence-corrected chi connectivity index (χ3v) is 7.23. The summed E-state index contributed by atoms with van der Waals surface area (Å²) in [6, 6.07) is 6.67. The highest BCUT2D eigenvalue weighted by Gasteiger charge is 2.32. The highest BCUT2D eigenvalue weighted by Crippen LogP contribution is 2.26. The van der Waals surface area contributed by atoms with Crippen molar-refractivity contribution in [2.75, 3.05) is 18.4 Å². The molecule has 1 saturated heterocycles. The lowest BCUT2D eigenvalue weighted by atomic mass is 10.1. The van der Waals surface area contributed by atoms with Crippen LogP contribution in [0.2, 0.25) is 0 Å². The fraction of sp³-hybridized carbons (Fsp3) is 0.450. The van der Waals surface area contributed by atoms with Gasteiger partial charge in [-0.15, -0.1) is 0 Å². The number of Topliss-reactive ketones (excluding diaryl/α,β-unsaturated/α-hetero) is 1. The lowest BCUT2D eigenvalue weighted by Gasteiger charge is -2.25. The molecule has 0 radical (unpaired) electrons. The first-order valence-electron chi connectivity index (χ1n) is 9.65. The number of aryl methyl sites for hydroxylation is 1. The topological polar surface area (TPSA) is 101 Å². The van der Waals surface area contributed by atoms with Gasteiger partial charge in [-0.2, -0.15) is 9.40 Å². The zero-order chi connectivity index (χ0) is 21.2. The minimum Gasteiger partial charge on any atom is -0.324 e. The molecule has 29 heavy (non-hydrogen) atoms. The van der Waals surface area contributed by atoms with Crippen molar-refractivity contribution in [2.24, 2.45) is 0 Å². The van der Waals surface area contributed by atoms with E-state index >= 15 is 0 Å². The van der Waals surface area contributed by atoms with Crippen LogP contribution >= 0.6 is 0 Å². The van der Waals surface area contributed by atoms with E-state index < -0.39 is 10.0 Å². The zero-order valence-electron chi connectivity index (χ0n) is 16.9. The Kier molecular flexibility index (Phi) is 6.18. The van der Waals surface area contributed by atoms with Gasteiger partial charge in [0.05, 0.1) is 11.4 Å². The molecule has 9 heteroatoms. The van der Waals surface area contributed by atoms with Crippen LogP contribution < -0.4 is 5.32 Å². The molecule has 156 valence electrons. The minimum atomic E-state index is -3.63. The lowest BCUT2D eigenvalue weighted by molar-refractivity contribution is -0.116. The second-order valence-corrected chi connectivity index (χ2v) is 9.18. The summed E-state index contributed by atoms with van der Waals surface area (Å²) in [5, 5.41) is 7.03. The van der Waals surface area contributed by atoms with Gasteiger partial charge in [0, 0.05) is 24.3 Å². The third kappa shape index (κ3) is 4.56. The predicted molar refractivity (Wildman–Crippen MR) is 109 cm³/mol. The molecule has 1 aromatic carbocycles. The Morgan fingerprint density at radius 1 is 1.14 bits per heavy atom. The molecule has 2 heterocycles. The molecule has 1 amide bonds. The van der Waals surface area contributed by atoms with Gasteiger partial charge >= 0.3 is 0 Å². The fourth-order valence-electron chi connectivity index (χ4n) is 3.59. The maximum atomic E-state index is 13.1. The fourth-order valence-corrected chi connectivity index (χ4v) is 5.48. The first-order valence-corrected chi connectivity index (χ1v) is 11.1. The standard InChI is InChI=1S/C20H26N4O4S/c1-14-20(29(27,28)23-10-5-4-6-11-23)15(2)24(22-14)13-19(26)21-18-9-7-8-17(12-18)16(3)25/h7-9,12H,4-6,10-11,13H2,1-3H3,(H,21,26). The summed E-state index contributed by atoms with van der Waals surface area (Å²) in [5.74, 6) is -0.439. The van der Waals surface area contributed by atoms with Gasteiger partial charge in [-0.1, -0.05) is 18.6 Å². The van der Waals surface area contributed by atoms with Crippen LogP contribution in [0, 0.1) is 13.8 Å². The molecule has 0 atom stereocenters. The Balaban J connectivity index is 1.78. The van der Waals surface area contributed by atoms with Crippen LogP contribution in [0.5, 0.6) is 0 Å². The number of amides is 1. The van der Waals surface area contributed by atoms with Crippen molar-refractivity contribution in [3.05, 3.63) is 41.2 Å². The quantitative estimate of drug-likeness (QED) is 0.727. The predicted octanol–water partition coefficient (Wildman–Crippen LogP) is 2.52. The van der Waals surface area contributed by atoms with Crippen molar-refractivity contribution in [2.45, 2.75) is 51.5 Å². The van der Waals surface area contributed by atoms with Gasteiger partial charge in [0.2, 0.25) is 15.9 Å². The number of nitrogens with one attached hydrogen (secondary N) is 1. The van der Waals surface area contributed by atoms with E-state index in [1.165, 1.54) is 15.9 Å². The molecule has 0 bridgehead atoms. The van der Waals surface area contributed by atoms with Crippen molar-refractivity contribution < 1.29 is 18.0 Å². The van der Waals surface area contributed by atoms with Crippen molar-refractivity contribution in [3.8, 4) is 0 Å². The van der Waals surface area contributed by atoms with Crippen LogP contribution in [0.4, 0.5) is 5.69 Å². The summed E-state index contributed by atoms with van der Waals surface area (Å²) in [6.07, 6.45) is 2.74. The molecule has 8 nitrogen and oxygen atoms in total. The van der Waals surface area contributed by atoms with Crippen molar-refractivity contribution >= 4 is 27.4 Å². The van der Waals surface area contributed by atoms with Gasteiger partial charge in [0.15, 0.2) is 5.78 Å². The van der Waals surface area contributed by atoms with E-state index in [0.29, 0.717) is 35.7 Å². The number of ketones is 1. The summed E-state index contributed by atoms with van der Waals surface area (Å²) in [4.78, 5) is 24.2. The van der Waals surface area contributed by atoms with Gasteiger partial charge in [0.25, 0.3) is 0 Å². The summed E-state index contributed by atoms with van der Waals surface area (Å²) < 4.78 is 29.0. The first-order chi connectivity index (χ1) is 13.7. The third-order valence-electron chi connectivity index (χ3n) is 5.07. The average Bonchev–Trinajstić information content (AvgIpc) is 2.96. The molecule has 0 aliphatic carbocycles. The summed E-state index contributed by atoms with van der Waals surface area (Å²) >= 11 is 0. The van der Waals surface area contributed by atoms with Crippen molar-refractivity contribution in [3.63, 3.8) is 0 Å². The largest absolute Gasteiger partial charge is 0.324 e. The molecular formula is C20H26N4O4S. The van der Waals surface area contributed by atoms with E-state index in [-0.39, 0.29) is 23.1 Å². The number of hydrogen-bond donors (Lipinski definition) is 1. The molecule has 0 unspecified atom stereocenters. The molecule has 3 rings (SSSR count). The Morgan fingerprint density at radius 2 is 1.83 bits per heavy atom. The summed E-state index contributed by atoms with van der Waals surface area (Å²) in [6.45, 7) is 5.68. The molecule has 1 fully saturated rings. The SMILES string of the molecule is CC(=O)c1cccc(NC(=O)Cn2nc(C)c(S(=O)(=O)N3CCCCC3)c2C)c1. The average molecular weight is 419 g/mol. The van der Waals surface area contributed by atoms with Crippen LogP contribution in [0.25, 0.3) is 0 Å². The highest BCUT2D eigenvalue weighted by molar-refractivity contribution is 7.89. The minimum absolute atomic E-state index is 0.0906. The van der Waals surface area contributed by atoms with E-state index in [2.05, 4.69) is 10.4 Å². The number of aromatic nitrogens is 2. The van der Waals surface area contributed by atoms with Crippen molar-refractivity contribution in [1.29, 1.82) is 0 Å². The van der Waals surface area contributed by atoms with Crippen LogP contribution in [0.1, 0.15) is 47.9 Å². The number of nitrogens with zero attached hydrogens (tertiary/aromatic N) is 3. The monoisotopic (exact) mass is 418 g/mol. The molecule has 2 aromatic rings. The van der Waals surface area contributed by atoms with E-state index in [1.807, 2.05) is 0 Å². The van der Waals surface area contributed by atoms with Crippen molar-refractivity contribution in [1.82, 2.24) is 14.1 Å². The number of anilines is 1. The number of rotatable bonds is 6. The molecular weight excluding hydrogens is 392 g/mol. The maximum Gasteiger partial charge on any atom is 0.246 e. The summed E-state index contributed by atoms with van der Waals surface area (Å²) in [7, 11) is -3.63. The first kappa shape index (κ1) is 21.2. The molecule has 0 spiro atoms. The molecule has 0 saturated carbocycles. The van der Waals surface area contributed by atoms with Gasteiger partial charge < -0.3 is 5.32 Å². The zero-order valence-corrected chi connectivity index (χ0v) is 17.8. The van der Waals surface area contributed by atoms with E-state index in [4.69, 9.17) is 0 Å². The number of sulfonamides is 1.